The van der Waals surface area contributed by atoms with E-state index in [0.29, 0.717) is 5.69 Å². The molecule has 1 heterocycles. The molecule has 0 atom stereocenters. The highest BCUT2D eigenvalue weighted by molar-refractivity contribution is 6.09. The second-order valence-corrected chi connectivity index (χ2v) is 6.96. The summed E-state index contributed by atoms with van der Waals surface area (Å²) in [6.07, 6.45) is 3.09. The number of carbonyl (C=O) groups is 1. The van der Waals surface area contributed by atoms with Gasteiger partial charge in [-0.05, 0) is 37.5 Å². The number of methoxy groups -OCH3 is 3. The monoisotopic (exact) mass is 433 g/mol. The maximum Gasteiger partial charge on any atom is 0.327 e. The second kappa shape index (κ2) is 9.50. The van der Waals surface area contributed by atoms with Gasteiger partial charge < -0.3 is 24.4 Å². The molecule has 0 bridgehead atoms. The van der Waals surface area contributed by atoms with Gasteiger partial charge in [0, 0.05) is 19.2 Å². The molecule has 3 rings (SSSR count). The summed E-state index contributed by atoms with van der Waals surface area (Å²) < 4.78 is 29.5. The van der Waals surface area contributed by atoms with Crippen LogP contribution in [0.3, 0.4) is 0 Å². The lowest BCUT2D eigenvalue weighted by Gasteiger charge is -2.30. The van der Waals surface area contributed by atoms with Gasteiger partial charge in [-0.2, -0.15) is 0 Å². The lowest BCUT2D eigenvalue weighted by Crippen LogP contribution is -2.30. The number of rotatable bonds is 7. The molecule has 0 saturated carbocycles. The number of carbonyl (C=O) groups excluding carboxylic acids is 1. The first-order valence-corrected chi connectivity index (χ1v) is 9.74. The second-order valence-electron chi connectivity index (χ2n) is 6.96. The molecule has 166 valence electrons. The minimum Gasteiger partial charge on any atom is -0.493 e. The van der Waals surface area contributed by atoms with Crippen molar-refractivity contribution in [2.45, 2.75) is 19.3 Å². The molecule has 0 aromatic heterocycles. The SMILES string of the molecule is COc1cc(C(=O)Nc2cc(F)ccc2N2CCCCC2)c([N+](=O)[O-])c(OC)c1OC. The van der Waals surface area contributed by atoms with E-state index in [4.69, 9.17) is 14.2 Å². The van der Waals surface area contributed by atoms with E-state index in [1.807, 2.05) is 0 Å². The molecular weight excluding hydrogens is 409 g/mol. The quantitative estimate of drug-likeness (QED) is 0.520. The standard InChI is InChI=1S/C21H24FN3O6/c1-29-17-12-14(18(25(27)28)20(31-3)19(17)30-2)21(26)23-15-11-13(22)7-8-16(15)24-9-5-4-6-10-24/h7-8,11-12H,4-6,9-10H2,1-3H3,(H,23,26). The normalized spacial score (nSPS) is 13.5. The van der Waals surface area contributed by atoms with Crippen molar-refractivity contribution in [3.05, 3.63) is 45.8 Å². The van der Waals surface area contributed by atoms with E-state index in [1.165, 1.54) is 39.5 Å². The molecule has 1 amide bonds. The van der Waals surface area contributed by atoms with Crippen LogP contribution in [0.25, 0.3) is 0 Å². The fourth-order valence-electron chi connectivity index (χ4n) is 3.70. The van der Waals surface area contributed by atoms with Gasteiger partial charge in [0.1, 0.15) is 11.4 Å². The summed E-state index contributed by atoms with van der Waals surface area (Å²) >= 11 is 0. The highest BCUT2D eigenvalue weighted by Gasteiger charge is 2.33. The first-order valence-electron chi connectivity index (χ1n) is 9.74. The minimum absolute atomic E-state index is 0.00647. The van der Waals surface area contributed by atoms with Crippen LogP contribution in [0, 0.1) is 15.9 Å². The van der Waals surface area contributed by atoms with Crippen LogP contribution >= 0.6 is 0 Å². The first kappa shape index (κ1) is 22.1. The Bertz CT molecular complexity index is 992. The van der Waals surface area contributed by atoms with Crippen LogP contribution in [0.1, 0.15) is 29.6 Å². The Balaban J connectivity index is 2.06. The van der Waals surface area contributed by atoms with E-state index in [0.717, 1.165) is 32.4 Å². The molecule has 0 radical (unpaired) electrons. The molecule has 2 aromatic carbocycles. The molecule has 31 heavy (non-hydrogen) atoms. The van der Waals surface area contributed by atoms with Crippen LogP contribution in [0.15, 0.2) is 24.3 Å². The number of piperidine rings is 1. The van der Waals surface area contributed by atoms with E-state index < -0.39 is 22.3 Å². The Morgan fingerprint density at radius 1 is 1.06 bits per heavy atom. The largest absolute Gasteiger partial charge is 0.493 e. The van der Waals surface area contributed by atoms with E-state index >= 15 is 0 Å². The molecule has 2 aromatic rings. The predicted molar refractivity (Wildman–Crippen MR) is 113 cm³/mol. The van der Waals surface area contributed by atoms with Crippen molar-refractivity contribution < 1.29 is 28.3 Å². The number of nitro groups is 1. The molecule has 0 spiro atoms. The number of amides is 1. The van der Waals surface area contributed by atoms with E-state index in [2.05, 4.69) is 10.2 Å². The van der Waals surface area contributed by atoms with Crippen LogP contribution < -0.4 is 24.4 Å². The molecule has 1 fully saturated rings. The van der Waals surface area contributed by atoms with Crippen molar-refractivity contribution in [1.29, 1.82) is 0 Å². The molecular formula is C21H24FN3O6. The van der Waals surface area contributed by atoms with Crippen LogP contribution in [0.2, 0.25) is 0 Å². The average molecular weight is 433 g/mol. The summed E-state index contributed by atoms with van der Waals surface area (Å²) in [5, 5.41) is 14.4. The average Bonchev–Trinajstić information content (AvgIpc) is 2.77. The van der Waals surface area contributed by atoms with Gasteiger partial charge in [0.15, 0.2) is 5.75 Å². The molecule has 1 saturated heterocycles. The van der Waals surface area contributed by atoms with Gasteiger partial charge in [0.05, 0.1) is 37.6 Å². The van der Waals surface area contributed by atoms with Crippen LogP contribution in [0.5, 0.6) is 17.2 Å². The summed E-state index contributed by atoms with van der Waals surface area (Å²) in [5.74, 6) is -1.49. The Hall–Kier alpha value is -3.56. The van der Waals surface area contributed by atoms with E-state index in [9.17, 15) is 19.3 Å². The summed E-state index contributed by atoms with van der Waals surface area (Å²) in [5.41, 5.74) is 0.0152. The molecule has 0 aliphatic carbocycles. The number of nitro benzene ring substituents is 1. The number of halogens is 1. The minimum atomic E-state index is -0.796. The first-order chi connectivity index (χ1) is 14.9. The van der Waals surface area contributed by atoms with Crippen molar-refractivity contribution in [2.75, 3.05) is 44.6 Å². The van der Waals surface area contributed by atoms with E-state index in [1.54, 1.807) is 6.07 Å². The zero-order valence-electron chi connectivity index (χ0n) is 17.6. The Labute approximate surface area is 178 Å². The van der Waals surface area contributed by atoms with Crippen LogP contribution in [-0.4, -0.2) is 45.2 Å². The Kier molecular flexibility index (Phi) is 6.78. The highest BCUT2D eigenvalue weighted by Crippen LogP contribution is 2.46. The van der Waals surface area contributed by atoms with Crippen molar-refractivity contribution >= 4 is 23.0 Å². The molecule has 1 aliphatic rings. The number of nitrogens with zero attached hydrogens (tertiary/aromatic N) is 2. The maximum atomic E-state index is 14.0. The highest BCUT2D eigenvalue weighted by atomic mass is 19.1. The number of benzene rings is 2. The zero-order chi connectivity index (χ0) is 22.5. The lowest BCUT2D eigenvalue weighted by atomic mass is 10.1. The fourth-order valence-corrected chi connectivity index (χ4v) is 3.70. The number of hydrogen-bond acceptors (Lipinski definition) is 7. The van der Waals surface area contributed by atoms with Gasteiger partial charge in [0.25, 0.3) is 5.91 Å². The van der Waals surface area contributed by atoms with Gasteiger partial charge in [-0.25, -0.2) is 4.39 Å². The summed E-state index contributed by atoms with van der Waals surface area (Å²) in [7, 11) is 3.88. The van der Waals surface area contributed by atoms with Crippen molar-refractivity contribution in [3.8, 4) is 17.2 Å². The third kappa shape index (κ3) is 4.47. The molecule has 9 nitrogen and oxygen atoms in total. The van der Waals surface area contributed by atoms with Crippen LogP contribution in [0.4, 0.5) is 21.5 Å². The van der Waals surface area contributed by atoms with Gasteiger partial charge in [-0.3, -0.25) is 14.9 Å². The van der Waals surface area contributed by atoms with Crippen molar-refractivity contribution in [2.24, 2.45) is 0 Å². The van der Waals surface area contributed by atoms with Gasteiger partial charge in [0.2, 0.25) is 11.5 Å². The number of anilines is 2. The lowest BCUT2D eigenvalue weighted by molar-refractivity contribution is -0.386. The number of nitrogens with one attached hydrogen (secondary N) is 1. The van der Waals surface area contributed by atoms with Gasteiger partial charge >= 0.3 is 5.69 Å². The molecule has 10 heteroatoms. The smallest absolute Gasteiger partial charge is 0.327 e. The number of ether oxygens (including phenoxy) is 3. The predicted octanol–water partition coefficient (Wildman–Crippen LogP) is 4.00. The van der Waals surface area contributed by atoms with Gasteiger partial charge in [-0.15, -0.1) is 0 Å². The summed E-state index contributed by atoms with van der Waals surface area (Å²) in [4.78, 5) is 26.2. The summed E-state index contributed by atoms with van der Waals surface area (Å²) in [6.45, 7) is 1.55. The Morgan fingerprint density at radius 3 is 2.32 bits per heavy atom. The van der Waals surface area contributed by atoms with Crippen molar-refractivity contribution in [3.63, 3.8) is 0 Å². The third-order valence-corrected chi connectivity index (χ3v) is 5.13. The topological polar surface area (TPSA) is 103 Å². The van der Waals surface area contributed by atoms with Crippen LogP contribution in [-0.2, 0) is 0 Å². The Morgan fingerprint density at radius 2 is 1.74 bits per heavy atom. The molecule has 1 aliphatic heterocycles. The third-order valence-electron chi connectivity index (χ3n) is 5.13. The number of hydrogen-bond donors (Lipinski definition) is 1. The molecule has 1 N–H and O–H groups in total. The summed E-state index contributed by atoms with van der Waals surface area (Å²) in [6, 6.07) is 5.32. The fraction of sp³-hybridized carbons (Fsp3) is 0.381. The zero-order valence-corrected chi connectivity index (χ0v) is 17.6. The molecule has 0 unspecified atom stereocenters. The van der Waals surface area contributed by atoms with Gasteiger partial charge in [-0.1, -0.05) is 0 Å². The van der Waals surface area contributed by atoms with Crippen molar-refractivity contribution in [1.82, 2.24) is 0 Å². The maximum absolute atomic E-state index is 14.0. The van der Waals surface area contributed by atoms with E-state index in [-0.39, 0.29) is 28.5 Å².